The minimum Gasteiger partial charge on any atom is -0.478 e. The summed E-state index contributed by atoms with van der Waals surface area (Å²) < 4.78 is 3.97. The van der Waals surface area contributed by atoms with Crippen molar-refractivity contribution >= 4 is 57.9 Å². The fourth-order valence-corrected chi connectivity index (χ4v) is 3.21. The van der Waals surface area contributed by atoms with Crippen LogP contribution >= 0.6 is 0 Å². The fraction of sp³-hybridized carbons (Fsp3) is 0. The SMILES string of the molecule is Nc1ccc(Nc2ccccc2)cc1.O=C(O)/C=C/C(=O)Nc1ccc(Nc2ccccc2)cc1.O=C1C=CC(=O)O1. The maximum Gasteiger partial charge on any atom is 0.338 e. The molecule has 4 aromatic carbocycles. The number of benzene rings is 4. The number of carbonyl (C=O) groups is 4. The molecule has 0 saturated carbocycles. The summed E-state index contributed by atoms with van der Waals surface area (Å²) in [5.74, 6) is -2.80. The molecule has 6 N–H and O–H groups in total. The molecule has 1 heterocycles. The third-order valence-corrected chi connectivity index (χ3v) is 5.12. The van der Waals surface area contributed by atoms with Crippen LogP contribution in [0, 0.1) is 0 Å². The second-order valence-corrected chi connectivity index (χ2v) is 8.42. The van der Waals surface area contributed by atoms with Crippen molar-refractivity contribution in [3.63, 3.8) is 0 Å². The number of nitrogens with one attached hydrogen (secondary N) is 3. The van der Waals surface area contributed by atoms with Gasteiger partial charge < -0.3 is 31.5 Å². The lowest BCUT2D eigenvalue weighted by Crippen LogP contribution is -2.08. The number of aliphatic carboxylic acids is 1. The lowest BCUT2D eigenvalue weighted by atomic mass is 10.2. The van der Waals surface area contributed by atoms with E-state index in [1.54, 1.807) is 12.1 Å². The van der Waals surface area contributed by atoms with Crippen LogP contribution in [0.2, 0.25) is 0 Å². The van der Waals surface area contributed by atoms with Gasteiger partial charge in [0.1, 0.15) is 0 Å². The highest BCUT2D eigenvalue weighted by Crippen LogP contribution is 2.19. The van der Waals surface area contributed by atoms with E-state index in [0.717, 1.165) is 52.7 Å². The van der Waals surface area contributed by atoms with Gasteiger partial charge in [-0.3, -0.25) is 4.79 Å². The largest absolute Gasteiger partial charge is 0.478 e. The van der Waals surface area contributed by atoms with Crippen molar-refractivity contribution in [3.8, 4) is 0 Å². The van der Waals surface area contributed by atoms with Crippen LogP contribution in [-0.4, -0.2) is 28.9 Å². The van der Waals surface area contributed by atoms with Crippen LogP contribution in [0.1, 0.15) is 0 Å². The molecule has 0 bridgehead atoms. The zero-order valence-corrected chi connectivity index (χ0v) is 22.3. The van der Waals surface area contributed by atoms with Gasteiger partial charge in [0.15, 0.2) is 0 Å². The van der Waals surface area contributed by atoms with E-state index in [1.807, 2.05) is 97.1 Å². The van der Waals surface area contributed by atoms with Gasteiger partial charge in [-0.05, 0) is 72.8 Å². The molecule has 10 nitrogen and oxygen atoms in total. The Hall–Kier alpha value is -6.16. The molecule has 0 aromatic heterocycles. The topological polar surface area (TPSA) is 160 Å². The van der Waals surface area contributed by atoms with Crippen molar-refractivity contribution in [2.75, 3.05) is 21.7 Å². The molecule has 0 aliphatic carbocycles. The first-order valence-electron chi connectivity index (χ1n) is 12.5. The summed E-state index contributed by atoms with van der Waals surface area (Å²) in [6, 6.07) is 34.6. The third kappa shape index (κ3) is 11.7. The molecule has 0 spiro atoms. The van der Waals surface area contributed by atoms with E-state index >= 15 is 0 Å². The Balaban J connectivity index is 0.000000196. The van der Waals surface area contributed by atoms with E-state index < -0.39 is 23.8 Å². The van der Waals surface area contributed by atoms with E-state index in [0.29, 0.717) is 5.69 Å². The summed E-state index contributed by atoms with van der Waals surface area (Å²) >= 11 is 0. The zero-order chi connectivity index (χ0) is 30.2. The van der Waals surface area contributed by atoms with Gasteiger partial charge in [-0.1, -0.05) is 36.4 Å². The fourth-order valence-electron chi connectivity index (χ4n) is 3.21. The molecule has 42 heavy (non-hydrogen) atoms. The van der Waals surface area contributed by atoms with Crippen molar-refractivity contribution in [2.45, 2.75) is 0 Å². The number of nitrogen functional groups attached to an aromatic ring is 1. The molecule has 4 aromatic rings. The second-order valence-electron chi connectivity index (χ2n) is 8.42. The third-order valence-electron chi connectivity index (χ3n) is 5.12. The van der Waals surface area contributed by atoms with Crippen molar-refractivity contribution in [3.05, 3.63) is 133 Å². The average molecular weight is 565 g/mol. The number of carboxylic acids is 1. The van der Waals surface area contributed by atoms with Gasteiger partial charge in [-0.25, -0.2) is 14.4 Å². The quantitative estimate of drug-likeness (QED) is 0.0827. The number of anilines is 6. The van der Waals surface area contributed by atoms with Crippen LogP contribution in [-0.2, 0) is 23.9 Å². The van der Waals surface area contributed by atoms with Crippen LogP contribution in [0.15, 0.2) is 133 Å². The molecular weight excluding hydrogens is 536 g/mol. The molecule has 1 aliphatic heterocycles. The van der Waals surface area contributed by atoms with E-state index in [-0.39, 0.29) is 0 Å². The molecule has 1 aliphatic rings. The van der Waals surface area contributed by atoms with Crippen molar-refractivity contribution in [1.29, 1.82) is 0 Å². The van der Waals surface area contributed by atoms with Gasteiger partial charge in [0, 0.05) is 58.4 Å². The summed E-state index contributed by atoms with van der Waals surface area (Å²) in [6.07, 6.45) is 3.93. The van der Waals surface area contributed by atoms with E-state index in [1.165, 1.54) is 0 Å². The Morgan fingerprint density at radius 1 is 0.595 bits per heavy atom. The number of nitrogens with two attached hydrogens (primary N) is 1. The summed E-state index contributed by atoms with van der Waals surface area (Å²) in [7, 11) is 0. The smallest absolute Gasteiger partial charge is 0.338 e. The number of amides is 1. The minimum absolute atomic E-state index is 0.485. The van der Waals surface area contributed by atoms with Crippen LogP contribution in [0.5, 0.6) is 0 Å². The summed E-state index contributed by atoms with van der Waals surface area (Å²) in [4.78, 5) is 41.6. The number of carboxylic acid groups (broad SMARTS) is 1. The molecule has 0 saturated heterocycles. The molecule has 5 rings (SSSR count). The molecule has 1 amide bonds. The molecule has 0 unspecified atom stereocenters. The predicted octanol–water partition coefficient (Wildman–Crippen LogP) is 5.65. The standard InChI is InChI=1S/C16H14N2O3.C12H12N2.C4H2O3/c19-15(10-11-16(20)21)18-14-8-6-13(7-9-14)17-12-4-2-1-3-5-12;13-10-6-8-12(9-7-10)14-11-4-2-1-3-5-11;5-3-1-2-4(6)7-3/h1-11,17H,(H,18,19)(H,20,21);1-9,14H,13H2;1-2H/b11-10+;;. The van der Waals surface area contributed by atoms with Gasteiger partial charge in [-0.2, -0.15) is 0 Å². The van der Waals surface area contributed by atoms with E-state index in [4.69, 9.17) is 10.8 Å². The van der Waals surface area contributed by atoms with Crippen LogP contribution < -0.4 is 21.7 Å². The highest BCUT2D eigenvalue weighted by molar-refractivity contribution is 6.05. The number of para-hydroxylation sites is 2. The average Bonchev–Trinajstić information content (AvgIpc) is 3.38. The summed E-state index contributed by atoms with van der Waals surface area (Å²) in [5, 5.41) is 17.5. The lowest BCUT2D eigenvalue weighted by molar-refractivity contribution is -0.150. The zero-order valence-electron chi connectivity index (χ0n) is 22.3. The predicted molar refractivity (Wildman–Crippen MR) is 162 cm³/mol. The Kier molecular flexibility index (Phi) is 11.6. The van der Waals surface area contributed by atoms with Crippen molar-refractivity contribution < 1.29 is 29.0 Å². The van der Waals surface area contributed by atoms with Crippen molar-refractivity contribution in [1.82, 2.24) is 0 Å². The number of esters is 2. The Labute approximate surface area is 242 Å². The Bertz CT molecular complexity index is 1520. The van der Waals surface area contributed by atoms with Gasteiger partial charge in [-0.15, -0.1) is 0 Å². The van der Waals surface area contributed by atoms with Gasteiger partial charge in [0.25, 0.3) is 0 Å². The van der Waals surface area contributed by atoms with Gasteiger partial charge in [0.05, 0.1) is 0 Å². The first-order chi connectivity index (χ1) is 20.3. The maximum atomic E-state index is 11.4. The highest BCUT2D eigenvalue weighted by Gasteiger charge is 2.10. The van der Waals surface area contributed by atoms with E-state index in [9.17, 15) is 19.2 Å². The molecule has 0 radical (unpaired) electrons. The molecule has 0 fully saturated rings. The molecule has 0 atom stereocenters. The summed E-state index contributed by atoms with van der Waals surface area (Å²) in [6.45, 7) is 0. The Morgan fingerprint density at radius 2 is 1.00 bits per heavy atom. The summed E-state index contributed by atoms with van der Waals surface area (Å²) in [5.41, 5.74) is 11.0. The van der Waals surface area contributed by atoms with Gasteiger partial charge in [0.2, 0.25) is 5.91 Å². The van der Waals surface area contributed by atoms with Gasteiger partial charge >= 0.3 is 17.9 Å². The number of cyclic esters (lactones) is 2. The number of hydrogen-bond donors (Lipinski definition) is 5. The van der Waals surface area contributed by atoms with E-state index in [2.05, 4.69) is 20.7 Å². The first kappa shape index (κ1) is 30.4. The second kappa shape index (κ2) is 16.1. The van der Waals surface area contributed by atoms with Crippen molar-refractivity contribution in [2.24, 2.45) is 0 Å². The Morgan fingerprint density at radius 3 is 1.40 bits per heavy atom. The number of ether oxygens (including phenoxy) is 1. The molecular formula is C32H28N4O6. The number of rotatable bonds is 7. The molecule has 10 heteroatoms. The highest BCUT2D eigenvalue weighted by atomic mass is 16.6. The normalized spacial score (nSPS) is 11.3. The number of carbonyl (C=O) groups excluding carboxylic acids is 3. The minimum atomic E-state index is -1.16. The number of hydrogen-bond acceptors (Lipinski definition) is 8. The monoisotopic (exact) mass is 564 g/mol. The molecule has 212 valence electrons. The van der Waals surface area contributed by atoms with Crippen LogP contribution in [0.4, 0.5) is 34.1 Å². The van der Waals surface area contributed by atoms with Crippen LogP contribution in [0.3, 0.4) is 0 Å². The maximum absolute atomic E-state index is 11.4. The lowest BCUT2D eigenvalue weighted by Gasteiger charge is -2.07. The van der Waals surface area contributed by atoms with Crippen LogP contribution in [0.25, 0.3) is 0 Å². The first-order valence-corrected chi connectivity index (χ1v) is 12.5.